The van der Waals surface area contributed by atoms with E-state index in [2.05, 4.69) is 11.9 Å². The summed E-state index contributed by atoms with van der Waals surface area (Å²) in [5.74, 6) is -0.580. The third-order valence-corrected chi connectivity index (χ3v) is 4.44. The highest BCUT2D eigenvalue weighted by Crippen LogP contribution is 2.46. The van der Waals surface area contributed by atoms with E-state index in [1.54, 1.807) is 12.1 Å². The van der Waals surface area contributed by atoms with Crippen molar-refractivity contribution in [2.45, 2.75) is 12.8 Å². The van der Waals surface area contributed by atoms with Crippen molar-refractivity contribution in [1.82, 2.24) is 0 Å². The number of benzene rings is 1. The van der Waals surface area contributed by atoms with Gasteiger partial charge in [-0.25, -0.2) is 0 Å². The first-order valence-corrected chi connectivity index (χ1v) is 6.72. The molecule has 0 spiro atoms. The number of hydrogen-bond donors (Lipinski definition) is 2. The first-order valence-electron chi connectivity index (χ1n) is 5.97. The second kappa shape index (κ2) is 4.29. The van der Waals surface area contributed by atoms with Gasteiger partial charge in [-0.15, -0.1) is 0 Å². The molecular weight excluding hydrogens is 283 g/mol. The van der Waals surface area contributed by atoms with Crippen molar-refractivity contribution >= 4 is 40.4 Å². The lowest BCUT2D eigenvalue weighted by atomic mass is 9.92. The van der Waals surface area contributed by atoms with Crippen molar-refractivity contribution in [3.8, 4) is 0 Å². The van der Waals surface area contributed by atoms with Crippen LogP contribution in [0.2, 0.25) is 10.0 Å². The monoisotopic (exact) mass is 294 g/mol. The number of nitrogens with two attached hydrogens (primary N) is 1. The molecule has 0 bridgehead atoms. The molecule has 0 radical (unpaired) electrons. The fraction of sp³-hybridized carbons (Fsp3) is 0.214. The zero-order chi connectivity index (χ0) is 13.7. The fourth-order valence-electron chi connectivity index (χ4n) is 2.75. The highest BCUT2D eigenvalue weighted by molar-refractivity contribution is 6.42. The number of rotatable bonds is 1. The molecule has 1 aromatic carbocycles. The van der Waals surface area contributed by atoms with Gasteiger partial charge in [-0.3, -0.25) is 4.79 Å². The smallest absolute Gasteiger partial charge is 0.226 e. The number of fused-ring (bicyclic) bond motifs is 1. The maximum Gasteiger partial charge on any atom is 0.226 e. The summed E-state index contributed by atoms with van der Waals surface area (Å²) < 4.78 is 0. The maximum absolute atomic E-state index is 11.5. The first kappa shape index (κ1) is 12.6. The van der Waals surface area contributed by atoms with E-state index in [9.17, 15) is 4.79 Å². The van der Waals surface area contributed by atoms with Gasteiger partial charge in [0.2, 0.25) is 5.91 Å². The minimum absolute atomic E-state index is 0.269. The van der Waals surface area contributed by atoms with E-state index < -0.39 is 0 Å². The molecule has 1 aromatic rings. The number of anilines is 1. The Bertz CT molecular complexity index is 649. The predicted molar refractivity (Wildman–Crippen MR) is 78.1 cm³/mol. The molecule has 3 N–H and O–H groups in total. The molecule has 19 heavy (non-hydrogen) atoms. The molecule has 5 heteroatoms. The van der Waals surface area contributed by atoms with Gasteiger partial charge < -0.3 is 11.1 Å². The lowest BCUT2D eigenvalue weighted by Crippen LogP contribution is -2.26. The number of primary amides is 1. The number of allylic oxidation sites excluding steroid dienone is 2. The topological polar surface area (TPSA) is 55.1 Å². The molecule has 1 aliphatic carbocycles. The number of carbonyl (C=O) groups excluding carboxylic acids is 1. The predicted octanol–water partition coefficient (Wildman–Crippen LogP) is 3.58. The Hall–Kier alpha value is -1.45. The van der Waals surface area contributed by atoms with Gasteiger partial charge >= 0.3 is 0 Å². The van der Waals surface area contributed by atoms with Crippen LogP contribution in [0.3, 0.4) is 0 Å². The maximum atomic E-state index is 11.5. The van der Waals surface area contributed by atoms with Crippen LogP contribution in [0.1, 0.15) is 18.4 Å². The average molecular weight is 295 g/mol. The summed E-state index contributed by atoms with van der Waals surface area (Å²) >= 11 is 12.1. The quantitative estimate of drug-likeness (QED) is 0.832. The van der Waals surface area contributed by atoms with Crippen LogP contribution in [0.15, 0.2) is 30.0 Å². The van der Waals surface area contributed by atoms with E-state index in [1.807, 2.05) is 0 Å². The van der Waals surface area contributed by atoms with Crippen molar-refractivity contribution in [2.75, 3.05) is 5.32 Å². The van der Waals surface area contributed by atoms with Crippen LogP contribution in [-0.2, 0) is 4.79 Å². The summed E-state index contributed by atoms with van der Waals surface area (Å²) in [6.45, 7) is 4.11. The summed E-state index contributed by atoms with van der Waals surface area (Å²) in [4.78, 5) is 11.5. The lowest BCUT2D eigenvalue weighted by Gasteiger charge is -2.25. The normalized spacial score (nSPS) is 20.9. The molecule has 1 amide bonds. The second-order valence-corrected chi connectivity index (χ2v) is 5.62. The molecule has 1 unspecified atom stereocenters. The summed E-state index contributed by atoms with van der Waals surface area (Å²) in [5.41, 5.74) is 10.0. The van der Waals surface area contributed by atoms with Gasteiger partial charge in [0.05, 0.1) is 16.0 Å². The number of nitrogens with one attached hydrogen (secondary N) is 1. The van der Waals surface area contributed by atoms with Gasteiger partial charge in [-0.2, -0.15) is 0 Å². The van der Waals surface area contributed by atoms with Gasteiger partial charge in [-0.05, 0) is 36.1 Å². The molecule has 98 valence electrons. The van der Waals surface area contributed by atoms with Gasteiger partial charge in [0.1, 0.15) is 0 Å². The molecule has 1 heterocycles. The minimum Gasteiger partial charge on any atom is -0.369 e. The van der Waals surface area contributed by atoms with Crippen LogP contribution < -0.4 is 11.1 Å². The highest BCUT2D eigenvalue weighted by Gasteiger charge is 2.34. The molecule has 3 nitrogen and oxygen atoms in total. The Morgan fingerprint density at radius 1 is 1.37 bits per heavy atom. The Morgan fingerprint density at radius 2 is 2.05 bits per heavy atom. The van der Waals surface area contributed by atoms with E-state index in [1.165, 1.54) is 0 Å². The largest absolute Gasteiger partial charge is 0.369 e. The minimum atomic E-state index is -0.311. The second-order valence-electron chi connectivity index (χ2n) is 4.80. The van der Waals surface area contributed by atoms with E-state index in [0.29, 0.717) is 10.0 Å². The molecule has 0 aromatic heterocycles. The number of hydrogen-bond acceptors (Lipinski definition) is 2. The third-order valence-electron chi connectivity index (χ3n) is 3.72. The van der Waals surface area contributed by atoms with Crippen molar-refractivity contribution < 1.29 is 4.79 Å². The molecule has 3 rings (SSSR count). The molecule has 0 saturated heterocycles. The summed E-state index contributed by atoms with van der Waals surface area (Å²) in [6.07, 6.45) is 1.52. The highest BCUT2D eigenvalue weighted by atomic mass is 35.5. The molecular formula is C14H12Cl2N2O. The van der Waals surface area contributed by atoms with Crippen molar-refractivity contribution in [3.05, 3.63) is 45.6 Å². The third kappa shape index (κ3) is 1.85. The zero-order valence-electron chi connectivity index (χ0n) is 10.1. The Balaban J connectivity index is 2.11. The first-order chi connectivity index (χ1) is 8.99. The number of halogens is 2. The summed E-state index contributed by atoms with van der Waals surface area (Å²) in [7, 11) is 0. The standard InChI is InChI=1S/C14H12Cl2N2O/c1-6-7-2-3-8(14(17)19)13(7)18-12-5-11(16)10(15)4-9(6)12/h4-5,8,18H,1-3H2,(H2,17,19). The molecule has 1 atom stereocenters. The lowest BCUT2D eigenvalue weighted by molar-refractivity contribution is -0.120. The SMILES string of the molecule is C=C1C2=C(Nc3cc(Cl)c(Cl)cc31)C(C(N)=O)CC2. The van der Waals surface area contributed by atoms with E-state index >= 15 is 0 Å². The molecule has 1 aliphatic heterocycles. The van der Waals surface area contributed by atoms with E-state index in [-0.39, 0.29) is 11.8 Å². The van der Waals surface area contributed by atoms with Crippen molar-refractivity contribution in [3.63, 3.8) is 0 Å². The van der Waals surface area contributed by atoms with Gasteiger partial charge in [0.25, 0.3) is 0 Å². The van der Waals surface area contributed by atoms with Crippen LogP contribution in [0.5, 0.6) is 0 Å². The van der Waals surface area contributed by atoms with Crippen molar-refractivity contribution in [1.29, 1.82) is 0 Å². The molecule has 0 saturated carbocycles. The number of carbonyl (C=O) groups is 1. The average Bonchev–Trinajstić information content (AvgIpc) is 2.76. The molecule has 0 fully saturated rings. The van der Waals surface area contributed by atoms with Gasteiger partial charge in [0.15, 0.2) is 0 Å². The Labute approximate surface area is 121 Å². The van der Waals surface area contributed by atoms with Gasteiger partial charge in [0, 0.05) is 16.9 Å². The van der Waals surface area contributed by atoms with Crippen LogP contribution in [0, 0.1) is 5.92 Å². The van der Waals surface area contributed by atoms with Crippen molar-refractivity contribution in [2.24, 2.45) is 11.7 Å². The Morgan fingerprint density at radius 3 is 2.74 bits per heavy atom. The fourth-order valence-corrected chi connectivity index (χ4v) is 3.07. The van der Waals surface area contributed by atoms with Crippen LogP contribution in [-0.4, -0.2) is 5.91 Å². The van der Waals surface area contributed by atoms with E-state index in [4.69, 9.17) is 28.9 Å². The molecule has 2 aliphatic rings. The van der Waals surface area contributed by atoms with E-state index in [0.717, 1.165) is 40.9 Å². The Kier molecular flexibility index (Phi) is 2.84. The van der Waals surface area contributed by atoms with Crippen LogP contribution >= 0.6 is 23.2 Å². The van der Waals surface area contributed by atoms with Crippen LogP contribution in [0.4, 0.5) is 5.69 Å². The van der Waals surface area contributed by atoms with Crippen LogP contribution in [0.25, 0.3) is 5.57 Å². The summed E-state index contributed by atoms with van der Waals surface area (Å²) in [6, 6.07) is 3.56. The van der Waals surface area contributed by atoms with Gasteiger partial charge in [-0.1, -0.05) is 29.8 Å². The summed E-state index contributed by atoms with van der Waals surface area (Å²) in [5, 5.41) is 4.23. The number of amides is 1. The zero-order valence-corrected chi connectivity index (χ0v) is 11.6.